The second kappa shape index (κ2) is 21.3. The summed E-state index contributed by atoms with van der Waals surface area (Å²) in [5.74, 6) is 1.36. The number of halogens is 1. The van der Waals surface area contributed by atoms with E-state index in [-0.39, 0.29) is 41.1 Å². The van der Waals surface area contributed by atoms with Crippen LogP contribution in [-0.4, -0.2) is 87.4 Å². The Kier molecular flexibility index (Phi) is 15.7. The van der Waals surface area contributed by atoms with E-state index in [1.165, 1.54) is 11.6 Å². The van der Waals surface area contributed by atoms with E-state index in [0.717, 1.165) is 113 Å². The Hall–Kier alpha value is -4.40. The molecule has 0 spiro atoms. The van der Waals surface area contributed by atoms with Gasteiger partial charge in [0.25, 0.3) is 0 Å². The smallest absolute Gasteiger partial charge is 0.344 e. The van der Waals surface area contributed by atoms with Crippen molar-refractivity contribution < 1.29 is 38.1 Å². The monoisotopic (exact) mass is 969 g/mol. The van der Waals surface area contributed by atoms with Crippen LogP contribution in [0.15, 0.2) is 65.5 Å². The van der Waals surface area contributed by atoms with E-state index in [1.807, 2.05) is 6.07 Å². The number of phenolic OH excluding ortho intramolecular Hbond substituents is 1. The first kappa shape index (κ1) is 50.0. The summed E-state index contributed by atoms with van der Waals surface area (Å²) >= 11 is 6.76. The van der Waals surface area contributed by atoms with Crippen LogP contribution < -0.4 is 20.3 Å². The number of nitrogens with zero attached hydrogens (tertiary/aromatic N) is 1. The van der Waals surface area contributed by atoms with Crippen molar-refractivity contribution in [1.29, 1.82) is 0 Å². The SMILES string of the molecule is COc1cc(OCC(=O)O[C@H]2CC[C@H](Cc3cccc(C4(C(=O)O[C@H]5CN6CCC5CC6)CCCCC4)c3)CC2)c(Cl)cc1CNC[C@H](O[Si](C)(C)C(C)(C)C)c1ccc(O)c2[nH]c(=O)ccc12. The van der Waals surface area contributed by atoms with Crippen LogP contribution in [0.3, 0.4) is 0 Å². The lowest BCUT2D eigenvalue weighted by Gasteiger charge is -2.45. The minimum Gasteiger partial charge on any atom is -0.506 e. The van der Waals surface area contributed by atoms with E-state index in [1.54, 1.807) is 31.4 Å². The number of hydrogen-bond acceptors (Lipinski definition) is 11. The van der Waals surface area contributed by atoms with Gasteiger partial charge in [0.1, 0.15) is 29.5 Å². The first-order valence-corrected chi connectivity index (χ1v) is 28.3. The fourth-order valence-corrected chi connectivity index (χ4v) is 12.4. The van der Waals surface area contributed by atoms with E-state index < -0.39 is 25.8 Å². The molecule has 3 N–H and O–H groups in total. The zero-order valence-corrected chi connectivity index (χ0v) is 42.7. The Labute approximate surface area is 407 Å². The predicted octanol–water partition coefficient (Wildman–Crippen LogP) is 10.3. The van der Waals surface area contributed by atoms with Crippen molar-refractivity contribution >= 4 is 42.8 Å². The second-order valence-electron chi connectivity index (χ2n) is 21.4. The lowest BCUT2D eigenvalue weighted by atomic mass is 9.68. The number of aromatic hydroxyl groups is 1. The van der Waals surface area contributed by atoms with Gasteiger partial charge in [-0.3, -0.25) is 14.5 Å². The molecule has 4 aromatic rings. The average Bonchev–Trinajstić information content (AvgIpc) is 3.32. The number of hydrogen-bond donors (Lipinski definition) is 3. The fourth-order valence-electron chi connectivity index (χ4n) is 10.8. The first-order chi connectivity index (χ1) is 32.5. The molecule has 3 saturated heterocycles. The normalized spacial score (nSPS) is 23.2. The number of aromatic nitrogens is 1. The van der Waals surface area contributed by atoms with Gasteiger partial charge in [-0.1, -0.05) is 82.0 Å². The highest BCUT2D eigenvalue weighted by Crippen LogP contribution is 2.44. The molecule has 14 heteroatoms. The van der Waals surface area contributed by atoms with Crippen molar-refractivity contribution in [2.75, 3.05) is 39.9 Å². The number of phenols is 1. The van der Waals surface area contributed by atoms with Crippen LogP contribution in [0.4, 0.5) is 0 Å². The number of carbonyl (C=O) groups excluding carboxylic acids is 2. The average molecular weight is 971 g/mol. The number of ether oxygens (including phenoxy) is 4. The van der Waals surface area contributed by atoms with Crippen LogP contribution in [0.1, 0.15) is 120 Å². The highest BCUT2D eigenvalue weighted by molar-refractivity contribution is 6.74. The summed E-state index contributed by atoms with van der Waals surface area (Å²) in [5.41, 5.74) is 3.52. The van der Waals surface area contributed by atoms with Crippen LogP contribution in [0.25, 0.3) is 10.9 Å². The van der Waals surface area contributed by atoms with E-state index >= 15 is 0 Å². The third kappa shape index (κ3) is 11.4. The predicted molar refractivity (Wildman–Crippen MR) is 268 cm³/mol. The van der Waals surface area contributed by atoms with Gasteiger partial charge in [-0.25, -0.2) is 4.79 Å². The van der Waals surface area contributed by atoms with Crippen molar-refractivity contribution in [2.45, 2.75) is 146 Å². The topological polar surface area (TPSA) is 149 Å². The van der Waals surface area contributed by atoms with Crippen molar-refractivity contribution in [1.82, 2.24) is 15.2 Å². The molecule has 2 saturated carbocycles. The maximum Gasteiger partial charge on any atom is 0.344 e. The number of esters is 2. The van der Waals surface area contributed by atoms with Crippen LogP contribution in [0.2, 0.25) is 23.2 Å². The van der Waals surface area contributed by atoms with Crippen molar-refractivity contribution in [2.24, 2.45) is 11.8 Å². The zero-order chi connectivity index (χ0) is 48.2. The van der Waals surface area contributed by atoms with Gasteiger partial charge in [0, 0.05) is 42.7 Å². The maximum atomic E-state index is 14.1. The molecule has 0 amide bonds. The molecule has 3 aliphatic heterocycles. The van der Waals surface area contributed by atoms with E-state index in [9.17, 15) is 19.5 Å². The number of benzene rings is 3. The maximum absolute atomic E-state index is 14.1. The number of fused-ring (bicyclic) bond motifs is 4. The van der Waals surface area contributed by atoms with E-state index in [2.05, 4.69) is 73.3 Å². The highest BCUT2D eigenvalue weighted by atomic mass is 35.5. The lowest BCUT2D eigenvalue weighted by molar-refractivity contribution is -0.167. The minimum atomic E-state index is -2.28. The van der Waals surface area contributed by atoms with E-state index in [0.29, 0.717) is 52.3 Å². The lowest BCUT2D eigenvalue weighted by Crippen LogP contribution is -2.53. The molecule has 4 heterocycles. The van der Waals surface area contributed by atoms with Gasteiger partial charge in [-0.05, 0) is 136 Å². The summed E-state index contributed by atoms with van der Waals surface area (Å²) in [6.07, 6.45) is 11.0. The number of piperidine rings is 3. The molecular formula is C54H72ClN3O9Si. The fraction of sp³-hybridized carbons (Fsp3) is 0.574. The highest BCUT2D eigenvalue weighted by Gasteiger charge is 2.46. The molecule has 0 radical (unpaired) electrons. The number of H-pyrrole nitrogens is 1. The Morgan fingerprint density at radius 3 is 2.38 bits per heavy atom. The quantitative estimate of drug-likeness (QED) is 0.0686. The zero-order valence-electron chi connectivity index (χ0n) is 40.9. The number of nitrogens with one attached hydrogen (secondary N) is 2. The summed E-state index contributed by atoms with van der Waals surface area (Å²) in [6, 6.07) is 18.8. The number of rotatable bonds is 17. The molecular weight excluding hydrogens is 898 g/mol. The van der Waals surface area contributed by atoms with Crippen molar-refractivity contribution in [3.63, 3.8) is 0 Å². The molecule has 368 valence electrons. The molecule has 12 nitrogen and oxygen atoms in total. The first-order valence-electron chi connectivity index (χ1n) is 25.0. The van der Waals surface area contributed by atoms with E-state index in [4.69, 9.17) is 35.0 Å². The molecule has 2 aliphatic carbocycles. The molecule has 5 fully saturated rings. The molecule has 9 rings (SSSR count). The largest absolute Gasteiger partial charge is 0.506 e. The molecule has 3 aromatic carbocycles. The second-order valence-corrected chi connectivity index (χ2v) is 26.6. The standard InChI is InChI=1S/C54H72ClN3O9Si/c1-53(2,3)68(5,6)67-47(41-17-19-44(59)51-42(41)18-20-49(60)57-51)32-56-31-38-29-43(55)46(30-45(38)63-4)64-34-50(61)65-40-15-13-35(14-16-40)27-36-11-10-12-39(28-36)54(23-8-7-9-24-54)52(62)66-48-33-58-25-21-37(48)22-26-58/h10-12,17-20,28-30,35,37,40,47-48,56,59H,7-9,13-16,21-27,31-34H2,1-6H3,(H,57,60)/t35-,40-,47-,48-/m0/s1. The van der Waals surface area contributed by atoms with Gasteiger partial charge in [-0.2, -0.15) is 0 Å². The van der Waals surface area contributed by atoms with Gasteiger partial charge >= 0.3 is 11.9 Å². The number of aromatic amines is 1. The summed E-state index contributed by atoms with van der Waals surface area (Å²) in [5, 5.41) is 15.1. The molecule has 2 bridgehead atoms. The van der Waals surface area contributed by atoms with Crippen molar-refractivity contribution in [3.05, 3.63) is 98.3 Å². The summed E-state index contributed by atoms with van der Waals surface area (Å²) in [4.78, 5) is 44.6. The van der Waals surface area contributed by atoms with Gasteiger partial charge < -0.3 is 38.8 Å². The van der Waals surface area contributed by atoms with Crippen LogP contribution in [0.5, 0.6) is 17.2 Å². The molecule has 5 aliphatic rings. The van der Waals surface area contributed by atoms with Gasteiger partial charge in [0.2, 0.25) is 5.56 Å². The summed E-state index contributed by atoms with van der Waals surface area (Å²) in [7, 11) is -0.706. The van der Waals surface area contributed by atoms with Gasteiger partial charge in [-0.15, -0.1) is 0 Å². The molecule has 2 atom stereocenters. The third-order valence-corrected chi connectivity index (χ3v) is 20.7. The summed E-state index contributed by atoms with van der Waals surface area (Å²) < 4.78 is 31.0. The summed E-state index contributed by atoms with van der Waals surface area (Å²) in [6.45, 7) is 14.6. The Morgan fingerprint density at radius 1 is 0.941 bits per heavy atom. The van der Waals surface area contributed by atoms with Crippen LogP contribution in [0, 0.1) is 11.8 Å². The molecule has 68 heavy (non-hydrogen) atoms. The third-order valence-electron chi connectivity index (χ3n) is 15.9. The number of pyridine rings is 1. The van der Waals surface area contributed by atoms with Gasteiger partial charge in [0.05, 0.1) is 29.2 Å². The van der Waals surface area contributed by atoms with Gasteiger partial charge in [0.15, 0.2) is 14.9 Å². The Balaban J connectivity index is 0.830. The van der Waals surface area contributed by atoms with Crippen molar-refractivity contribution in [3.8, 4) is 17.2 Å². The number of methoxy groups -OCH3 is 1. The number of carbonyl (C=O) groups is 2. The molecule has 1 aromatic heterocycles. The molecule has 0 unspecified atom stereocenters. The van der Waals surface area contributed by atoms with Crippen LogP contribution >= 0.6 is 11.6 Å². The Bertz CT molecular complexity index is 2470. The van der Waals surface area contributed by atoms with Crippen LogP contribution in [-0.2, 0) is 41.9 Å². The Morgan fingerprint density at radius 2 is 1.69 bits per heavy atom. The minimum absolute atomic E-state index is 0.00412.